The highest BCUT2D eigenvalue weighted by Gasteiger charge is 2.28. The van der Waals surface area contributed by atoms with Gasteiger partial charge in [-0.2, -0.15) is 0 Å². The maximum atomic E-state index is 6.76. The minimum atomic E-state index is -0.0379. The Balaban J connectivity index is 1.69. The van der Waals surface area contributed by atoms with Crippen LogP contribution in [0.1, 0.15) is 26.3 Å². The third-order valence-corrected chi connectivity index (χ3v) is 8.76. The molecule has 0 N–H and O–H groups in total. The molecule has 0 amide bonds. The first-order valence-electron chi connectivity index (χ1n) is 14.7. The number of rotatable bonds is 5. The highest BCUT2D eigenvalue weighted by molar-refractivity contribution is 9.10. The Morgan fingerprint density at radius 2 is 1.32 bits per heavy atom. The molecule has 0 bridgehead atoms. The lowest BCUT2D eigenvalue weighted by Gasteiger charge is -2.32. The summed E-state index contributed by atoms with van der Waals surface area (Å²) in [5.74, 6) is 0. The molecule has 0 aliphatic rings. The van der Waals surface area contributed by atoms with E-state index in [1.807, 2.05) is 24.3 Å². The van der Waals surface area contributed by atoms with Crippen LogP contribution in [-0.4, -0.2) is 0 Å². The Labute approximate surface area is 271 Å². The largest absolute Gasteiger partial charge is 0.455 e. The molecule has 44 heavy (non-hydrogen) atoms. The summed E-state index contributed by atoms with van der Waals surface area (Å²) in [6.07, 6.45) is 0. The van der Waals surface area contributed by atoms with Gasteiger partial charge < -0.3 is 9.32 Å². The zero-order valence-corrected chi connectivity index (χ0v) is 27.2. The van der Waals surface area contributed by atoms with Crippen LogP contribution < -0.4 is 4.90 Å². The van der Waals surface area contributed by atoms with Crippen LogP contribution in [0.2, 0.25) is 5.02 Å². The zero-order valence-electron chi connectivity index (χ0n) is 24.8. The van der Waals surface area contributed by atoms with E-state index in [0.29, 0.717) is 5.02 Å². The molecule has 0 saturated heterocycles. The van der Waals surface area contributed by atoms with Crippen molar-refractivity contribution in [2.24, 2.45) is 0 Å². The standard InChI is InChI=1S/C40H31BrClNO/c1-40(2,3)28-17-12-18-31(21-28)43(32-23-29(41)22-30(42)24-32)38-34(26-13-6-4-7-14-26)25-35-33-19-10-11-20-36(33)44-39(35)37(38)27-15-8-5-9-16-27/h4-25H,1-3H3. The Bertz CT molecular complexity index is 2110. The normalized spacial score (nSPS) is 11.8. The van der Waals surface area contributed by atoms with Crippen molar-refractivity contribution in [3.05, 3.63) is 149 Å². The molecule has 0 radical (unpaired) electrons. The fourth-order valence-corrected chi connectivity index (χ4v) is 6.82. The molecule has 0 fully saturated rings. The second kappa shape index (κ2) is 11.3. The van der Waals surface area contributed by atoms with Crippen LogP contribution in [0.4, 0.5) is 17.1 Å². The van der Waals surface area contributed by atoms with Gasteiger partial charge in [-0.3, -0.25) is 0 Å². The Morgan fingerprint density at radius 3 is 2.02 bits per heavy atom. The van der Waals surface area contributed by atoms with E-state index in [1.165, 1.54) is 5.56 Å². The van der Waals surface area contributed by atoms with E-state index in [1.54, 1.807) is 0 Å². The molecule has 1 heterocycles. The first kappa shape index (κ1) is 28.5. The molecule has 2 nitrogen and oxygen atoms in total. The van der Waals surface area contributed by atoms with Crippen LogP contribution in [-0.2, 0) is 5.41 Å². The Hall–Kier alpha value is -4.31. The zero-order chi connectivity index (χ0) is 30.4. The number of hydrogen-bond donors (Lipinski definition) is 0. The number of halogens is 2. The molecule has 0 aliphatic carbocycles. The quantitative estimate of drug-likeness (QED) is 0.183. The highest BCUT2D eigenvalue weighted by atomic mass is 79.9. The van der Waals surface area contributed by atoms with Crippen molar-refractivity contribution in [2.75, 3.05) is 4.90 Å². The Morgan fingerprint density at radius 1 is 0.636 bits per heavy atom. The molecular weight excluding hydrogens is 626 g/mol. The maximum absolute atomic E-state index is 6.76. The highest BCUT2D eigenvalue weighted by Crippen LogP contribution is 2.52. The fraction of sp³-hybridized carbons (Fsp3) is 0.100. The van der Waals surface area contributed by atoms with Gasteiger partial charge in [-0.05, 0) is 64.6 Å². The molecule has 4 heteroatoms. The molecule has 0 atom stereocenters. The van der Waals surface area contributed by atoms with Crippen LogP contribution >= 0.6 is 27.5 Å². The van der Waals surface area contributed by atoms with Gasteiger partial charge in [0.05, 0.1) is 5.69 Å². The summed E-state index contributed by atoms with van der Waals surface area (Å²) in [5.41, 5.74) is 10.2. The van der Waals surface area contributed by atoms with Crippen LogP contribution in [0.3, 0.4) is 0 Å². The van der Waals surface area contributed by atoms with Crippen molar-refractivity contribution in [1.82, 2.24) is 0 Å². The van der Waals surface area contributed by atoms with Gasteiger partial charge in [0.25, 0.3) is 0 Å². The summed E-state index contributed by atoms with van der Waals surface area (Å²) >= 11 is 10.5. The maximum Gasteiger partial charge on any atom is 0.145 e. The summed E-state index contributed by atoms with van der Waals surface area (Å²) in [6.45, 7) is 6.74. The summed E-state index contributed by atoms with van der Waals surface area (Å²) in [4.78, 5) is 2.34. The lowest BCUT2D eigenvalue weighted by atomic mass is 9.86. The lowest BCUT2D eigenvalue weighted by Crippen LogP contribution is -2.16. The fourth-order valence-electron chi connectivity index (χ4n) is 5.98. The second-order valence-electron chi connectivity index (χ2n) is 12.1. The van der Waals surface area contributed by atoms with Gasteiger partial charge in [-0.25, -0.2) is 0 Å². The smallest absolute Gasteiger partial charge is 0.145 e. The molecule has 216 valence electrons. The molecule has 0 spiro atoms. The van der Waals surface area contributed by atoms with Crippen molar-refractivity contribution in [1.29, 1.82) is 0 Å². The number of benzene rings is 6. The first-order valence-corrected chi connectivity index (χ1v) is 15.9. The van der Waals surface area contributed by atoms with Gasteiger partial charge in [0.1, 0.15) is 11.2 Å². The average molecular weight is 657 g/mol. The van der Waals surface area contributed by atoms with Gasteiger partial charge in [-0.1, -0.05) is 139 Å². The van der Waals surface area contributed by atoms with E-state index in [-0.39, 0.29) is 5.41 Å². The molecule has 7 aromatic rings. The number of hydrogen-bond acceptors (Lipinski definition) is 2. The lowest BCUT2D eigenvalue weighted by molar-refractivity contribution is 0.590. The molecular formula is C40H31BrClNO. The monoisotopic (exact) mass is 655 g/mol. The van der Waals surface area contributed by atoms with E-state index in [2.05, 4.69) is 151 Å². The topological polar surface area (TPSA) is 16.4 Å². The molecule has 6 aromatic carbocycles. The number of anilines is 3. The van der Waals surface area contributed by atoms with Crippen LogP contribution in [0, 0.1) is 0 Å². The molecule has 0 saturated carbocycles. The molecule has 7 rings (SSSR count). The SMILES string of the molecule is CC(C)(C)c1cccc(N(c2cc(Cl)cc(Br)c2)c2c(-c3ccccc3)cc3c(oc4ccccc43)c2-c2ccccc2)c1. The number of furan rings is 1. The summed E-state index contributed by atoms with van der Waals surface area (Å²) < 4.78 is 7.66. The summed E-state index contributed by atoms with van der Waals surface area (Å²) in [6, 6.07) is 46.6. The predicted octanol–water partition coefficient (Wildman–Crippen LogP) is 13.1. The number of para-hydroxylation sites is 1. The summed E-state index contributed by atoms with van der Waals surface area (Å²) in [5, 5.41) is 2.83. The van der Waals surface area contributed by atoms with Gasteiger partial charge in [0, 0.05) is 42.8 Å². The minimum absolute atomic E-state index is 0.0379. The van der Waals surface area contributed by atoms with E-state index >= 15 is 0 Å². The van der Waals surface area contributed by atoms with E-state index in [4.69, 9.17) is 16.0 Å². The third kappa shape index (κ3) is 5.21. The first-order chi connectivity index (χ1) is 21.3. The van der Waals surface area contributed by atoms with Crippen molar-refractivity contribution in [2.45, 2.75) is 26.2 Å². The van der Waals surface area contributed by atoms with Gasteiger partial charge in [0.2, 0.25) is 0 Å². The minimum Gasteiger partial charge on any atom is -0.455 e. The van der Waals surface area contributed by atoms with Crippen molar-refractivity contribution in [3.8, 4) is 22.3 Å². The average Bonchev–Trinajstić information content (AvgIpc) is 3.39. The van der Waals surface area contributed by atoms with Crippen LogP contribution in [0.25, 0.3) is 44.2 Å². The number of fused-ring (bicyclic) bond motifs is 3. The molecule has 0 aliphatic heterocycles. The predicted molar refractivity (Wildman–Crippen MR) is 191 cm³/mol. The third-order valence-electron chi connectivity index (χ3n) is 8.09. The van der Waals surface area contributed by atoms with E-state index in [9.17, 15) is 0 Å². The van der Waals surface area contributed by atoms with Crippen molar-refractivity contribution >= 4 is 66.5 Å². The van der Waals surface area contributed by atoms with Gasteiger partial charge >= 0.3 is 0 Å². The van der Waals surface area contributed by atoms with Gasteiger partial charge in [-0.15, -0.1) is 0 Å². The second-order valence-corrected chi connectivity index (χ2v) is 13.5. The molecule has 1 aromatic heterocycles. The number of nitrogens with zero attached hydrogens (tertiary/aromatic N) is 1. The summed E-state index contributed by atoms with van der Waals surface area (Å²) in [7, 11) is 0. The van der Waals surface area contributed by atoms with Crippen LogP contribution in [0.5, 0.6) is 0 Å². The van der Waals surface area contributed by atoms with E-state index in [0.717, 1.165) is 65.7 Å². The van der Waals surface area contributed by atoms with Crippen molar-refractivity contribution < 1.29 is 4.42 Å². The molecule has 0 unspecified atom stereocenters. The van der Waals surface area contributed by atoms with Gasteiger partial charge in [0.15, 0.2) is 0 Å². The van der Waals surface area contributed by atoms with Crippen LogP contribution in [0.15, 0.2) is 142 Å². The van der Waals surface area contributed by atoms with E-state index < -0.39 is 0 Å². The van der Waals surface area contributed by atoms with Crippen molar-refractivity contribution in [3.63, 3.8) is 0 Å². The Kier molecular flexibility index (Phi) is 7.32.